The number of rotatable bonds is 4. The summed E-state index contributed by atoms with van der Waals surface area (Å²) in [6, 6.07) is 7.94. The lowest BCUT2D eigenvalue weighted by atomic mass is 10.1. The van der Waals surface area contributed by atoms with Crippen LogP contribution in [0.5, 0.6) is 0 Å². The molecule has 0 aliphatic heterocycles. The molecule has 2 aromatic heterocycles. The largest absolute Gasteiger partial charge is 0.464 e. The third kappa shape index (κ3) is 3.03. The molecule has 0 radical (unpaired) electrons. The summed E-state index contributed by atoms with van der Waals surface area (Å²) in [6.07, 6.45) is 2.20. The zero-order chi connectivity index (χ0) is 17.3. The van der Waals surface area contributed by atoms with E-state index in [1.165, 1.54) is 18.4 Å². The summed E-state index contributed by atoms with van der Waals surface area (Å²) in [4.78, 5) is 28.8. The molecule has 1 aromatic carbocycles. The normalized spacial score (nSPS) is 10.8. The van der Waals surface area contributed by atoms with E-state index in [2.05, 4.69) is 15.0 Å². The molecule has 124 valence electrons. The van der Waals surface area contributed by atoms with Crippen molar-refractivity contribution < 1.29 is 14.3 Å². The van der Waals surface area contributed by atoms with Crippen LogP contribution >= 0.6 is 11.3 Å². The average Bonchev–Trinajstić information content (AvgIpc) is 3.07. The molecule has 0 spiro atoms. The Morgan fingerprint density at radius 1 is 1.33 bits per heavy atom. The van der Waals surface area contributed by atoms with Gasteiger partial charge in [-0.25, -0.2) is 9.78 Å². The number of ether oxygens (including phenoxy) is 1. The summed E-state index contributed by atoms with van der Waals surface area (Å²) in [5.41, 5.74) is 2.27. The monoisotopic (exact) mass is 343 g/mol. The quantitative estimate of drug-likeness (QED) is 0.739. The summed E-state index contributed by atoms with van der Waals surface area (Å²) >= 11 is 1.26. The number of hydrogen-bond donors (Lipinski definition) is 1. The van der Waals surface area contributed by atoms with Crippen LogP contribution in [-0.4, -0.2) is 28.5 Å². The van der Waals surface area contributed by atoms with Crippen LogP contribution in [0.25, 0.3) is 10.9 Å². The number of methoxy groups -OCH3 is 1. The van der Waals surface area contributed by atoms with Crippen molar-refractivity contribution in [3.05, 3.63) is 46.6 Å². The molecule has 0 aliphatic carbocycles. The van der Waals surface area contributed by atoms with E-state index in [1.54, 1.807) is 6.92 Å². The predicted octanol–water partition coefficient (Wildman–Crippen LogP) is 2.91. The number of nitrogens with zero attached hydrogens (tertiary/aromatic N) is 2. The van der Waals surface area contributed by atoms with E-state index in [4.69, 9.17) is 0 Å². The van der Waals surface area contributed by atoms with Gasteiger partial charge in [-0.1, -0.05) is 18.2 Å². The van der Waals surface area contributed by atoms with Gasteiger partial charge in [-0.15, -0.1) is 11.3 Å². The van der Waals surface area contributed by atoms with Crippen LogP contribution in [0.4, 0.5) is 5.13 Å². The van der Waals surface area contributed by atoms with Crippen molar-refractivity contribution >= 4 is 39.2 Å². The van der Waals surface area contributed by atoms with Gasteiger partial charge in [0, 0.05) is 29.0 Å². The first-order valence-electron chi connectivity index (χ1n) is 7.38. The Balaban J connectivity index is 1.77. The van der Waals surface area contributed by atoms with Gasteiger partial charge in [-0.2, -0.15) is 0 Å². The summed E-state index contributed by atoms with van der Waals surface area (Å²) < 4.78 is 6.67. The fourth-order valence-corrected chi connectivity index (χ4v) is 3.46. The van der Waals surface area contributed by atoms with Crippen LogP contribution < -0.4 is 5.32 Å². The number of fused-ring (bicyclic) bond motifs is 1. The van der Waals surface area contributed by atoms with Gasteiger partial charge in [0.05, 0.1) is 13.5 Å². The maximum Gasteiger partial charge on any atom is 0.357 e. The van der Waals surface area contributed by atoms with Gasteiger partial charge in [0.1, 0.15) is 0 Å². The second kappa shape index (κ2) is 6.45. The SMILES string of the molecule is COC(=O)c1nc(NC(=O)Cc2cn(C)c3ccccc23)sc1C. The third-order valence-electron chi connectivity index (χ3n) is 3.75. The molecule has 0 atom stereocenters. The molecule has 3 aromatic rings. The number of carbonyl (C=O) groups excluding carboxylic acids is 2. The molecule has 24 heavy (non-hydrogen) atoms. The van der Waals surface area contributed by atoms with Crippen LogP contribution in [0.2, 0.25) is 0 Å². The lowest BCUT2D eigenvalue weighted by Crippen LogP contribution is -2.14. The number of aryl methyl sites for hydroxylation is 2. The van der Waals surface area contributed by atoms with Crippen LogP contribution in [0.3, 0.4) is 0 Å². The molecule has 0 saturated carbocycles. The molecule has 0 fully saturated rings. The maximum absolute atomic E-state index is 12.3. The fraction of sp³-hybridized carbons (Fsp3) is 0.235. The summed E-state index contributed by atoms with van der Waals surface area (Å²) in [5, 5.41) is 4.21. The van der Waals surface area contributed by atoms with Crippen LogP contribution in [-0.2, 0) is 23.0 Å². The number of aromatic nitrogens is 2. The second-order valence-electron chi connectivity index (χ2n) is 5.42. The van der Waals surface area contributed by atoms with Crippen molar-refractivity contribution in [1.29, 1.82) is 0 Å². The van der Waals surface area contributed by atoms with Crippen molar-refractivity contribution in [2.75, 3.05) is 12.4 Å². The number of nitrogens with one attached hydrogen (secondary N) is 1. The van der Waals surface area contributed by atoms with E-state index in [1.807, 2.05) is 42.1 Å². The minimum atomic E-state index is -0.502. The molecular formula is C17H17N3O3S. The Morgan fingerprint density at radius 3 is 2.83 bits per heavy atom. The lowest BCUT2D eigenvalue weighted by molar-refractivity contribution is -0.115. The Kier molecular flexibility index (Phi) is 4.35. The van der Waals surface area contributed by atoms with Gasteiger partial charge in [0.25, 0.3) is 0 Å². The third-order valence-corrected chi connectivity index (χ3v) is 4.64. The van der Waals surface area contributed by atoms with E-state index >= 15 is 0 Å². The van der Waals surface area contributed by atoms with Gasteiger partial charge in [0.2, 0.25) is 5.91 Å². The number of amides is 1. The zero-order valence-corrected chi connectivity index (χ0v) is 14.4. The highest BCUT2D eigenvalue weighted by Crippen LogP contribution is 2.24. The van der Waals surface area contributed by atoms with Crippen molar-refractivity contribution in [3.63, 3.8) is 0 Å². The first-order chi connectivity index (χ1) is 11.5. The molecule has 0 aliphatic rings. The number of para-hydroxylation sites is 1. The number of esters is 1. The van der Waals surface area contributed by atoms with Gasteiger partial charge < -0.3 is 14.6 Å². The number of anilines is 1. The van der Waals surface area contributed by atoms with Crippen molar-refractivity contribution in [3.8, 4) is 0 Å². The Labute approximate surface area is 143 Å². The van der Waals surface area contributed by atoms with Crippen LogP contribution in [0.15, 0.2) is 30.5 Å². The molecule has 1 amide bonds. The molecule has 0 saturated heterocycles. The maximum atomic E-state index is 12.3. The average molecular weight is 343 g/mol. The molecule has 6 nitrogen and oxygen atoms in total. The molecule has 3 rings (SSSR count). The highest BCUT2D eigenvalue weighted by atomic mass is 32.1. The van der Waals surface area contributed by atoms with Crippen LogP contribution in [0.1, 0.15) is 20.9 Å². The van der Waals surface area contributed by atoms with Crippen molar-refractivity contribution in [2.45, 2.75) is 13.3 Å². The highest BCUT2D eigenvalue weighted by molar-refractivity contribution is 7.16. The first-order valence-corrected chi connectivity index (χ1v) is 8.19. The minimum absolute atomic E-state index is 0.170. The number of benzene rings is 1. The standard InChI is InChI=1S/C17H17N3O3S/c1-10-15(16(22)23-3)19-17(24-10)18-14(21)8-11-9-20(2)13-7-5-4-6-12(11)13/h4-7,9H,8H2,1-3H3,(H,18,19,21). The molecule has 0 bridgehead atoms. The van der Waals surface area contributed by atoms with Crippen molar-refractivity contribution in [2.24, 2.45) is 7.05 Å². The smallest absolute Gasteiger partial charge is 0.357 e. The summed E-state index contributed by atoms with van der Waals surface area (Å²) in [7, 11) is 3.26. The lowest BCUT2D eigenvalue weighted by Gasteiger charge is -2.01. The van der Waals surface area contributed by atoms with Crippen LogP contribution in [0, 0.1) is 6.92 Å². The summed E-state index contributed by atoms with van der Waals surface area (Å²) in [5.74, 6) is -0.671. The number of hydrogen-bond acceptors (Lipinski definition) is 5. The van der Waals surface area contributed by atoms with Gasteiger partial charge in [-0.05, 0) is 18.6 Å². The van der Waals surface area contributed by atoms with E-state index in [-0.39, 0.29) is 18.0 Å². The van der Waals surface area contributed by atoms with E-state index in [0.29, 0.717) is 10.0 Å². The molecule has 1 N–H and O–H groups in total. The van der Waals surface area contributed by atoms with Gasteiger partial charge in [-0.3, -0.25) is 4.79 Å². The van der Waals surface area contributed by atoms with E-state index in [0.717, 1.165) is 16.5 Å². The number of carbonyl (C=O) groups is 2. The molecule has 0 unspecified atom stereocenters. The van der Waals surface area contributed by atoms with E-state index in [9.17, 15) is 9.59 Å². The fourth-order valence-electron chi connectivity index (χ4n) is 2.64. The minimum Gasteiger partial charge on any atom is -0.464 e. The topological polar surface area (TPSA) is 73.2 Å². The summed E-state index contributed by atoms with van der Waals surface area (Å²) in [6.45, 7) is 1.77. The highest BCUT2D eigenvalue weighted by Gasteiger charge is 2.17. The zero-order valence-electron chi connectivity index (χ0n) is 13.6. The van der Waals surface area contributed by atoms with Crippen molar-refractivity contribution in [1.82, 2.24) is 9.55 Å². The first kappa shape index (κ1) is 16.2. The molecule has 2 heterocycles. The Morgan fingerprint density at radius 2 is 2.08 bits per heavy atom. The molecule has 7 heteroatoms. The Hall–Kier alpha value is -2.67. The Bertz CT molecular complexity index is 926. The van der Waals surface area contributed by atoms with E-state index < -0.39 is 5.97 Å². The predicted molar refractivity (Wildman–Crippen MR) is 93.4 cm³/mol. The number of thiazole rings is 1. The second-order valence-corrected chi connectivity index (χ2v) is 6.63. The van der Waals surface area contributed by atoms with Gasteiger partial charge >= 0.3 is 5.97 Å². The van der Waals surface area contributed by atoms with Gasteiger partial charge in [0.15, 0.2) is 10.8 Å². The molecular weight excluding hydrogens is 326 g/mol.